The van der Waals surface area contributed by atoms with Crippen molar-refractivity contribution in [1.82, 2.24) is 10.1 Å². The molecule has 18 heavy (non-hydrogen) atoms. The minimum Gasteiger partial charge on any atom is -0.363 e. The summed E-state index contributed by atoms with van der Waals surface area (Å²) in [5.41, 5.74) is 0. The number of carbonyl (C=O) groups excluding carboxylic acids is 2. The lowest BCUT2D eigenvalue weighted by molar-refractivity contribution is -0.140. The number of amides is 2. The maximum absolute atomic E-state index is 12.0. The number of nitrogens with one attached hydrogen (secondary N) is 1. The van der Waals surface area contributed by atoms with Crippen LogP contribution >= 0.6 is 0 Å². The van der Waals surface area contributed by atoms with Gasteiger partial charge in [-0.1, -0.05) is 11.6 Å². The lowest BCUT2D eigenvalue weighted by Gasteiger charge is -2.30. The van der Waals surface area contributed by atoms with E-state index in [4.69, 9.17) is 0 Å². The third-order valence-corrected chi connectivity index (χ3v) is 3.19. The molecule has 1 N–H and O–H groups in total. The van der Waals surface area contributed by atoms with Crippen molar-refractivity contribution >= 4 is 17.6 Å². The molecule has 0 saturated heterocycles. The summed E-state index contributed by atoms with van der Waals surface area (Å²) in [5, 5.41) is 6.17. The molecule has 1 aliphatic carbocycles. The summed E-state index contributed by atoms with van der Waals surface area (Å²) in [4.78, 5) is 25.3. The Balaban J connectivity index is 1.85. The van der Waals surface area contributed by atoms with Crippen LogP contribution in [0.4, 0.5) is 5.82 Å². The third-order valence-electron chi connectivity index (χ3n) is 3.19. The Bertz CT molecular complexity index is 412. The van der Waals surface area contributed by atoms with E-state index in [0.717, 1.165) is 19.3 Å². The number of rotatable bonds is 5. The Labute approximate surface area is 105 Å². The third kappa shape index (κ3) is 2.88. The second-order valence-corrected chi connectivity index (χ2v) is 4.41. The van der Waals surface area contributed by atoms with Gasteiger partial charge in [0.15, 0.2) is 5.82 Å². The van der Waals surface area contributed by atoms with Crippen molar-refractivity contribution in [2.45, 2.75) is 26.2 Å². The van der Waals surface area contributed by atoms with Gasteiger partial charge in [-0.3, -0.25) is 9.59 Å². The molecule has 0 aliphatic heterocycles. The zero-order valence-electron chi connectivity index (χ0n) is 10.4. The standard InChI is InChI=1S/C12H17N3O3/c1-2-15(12(17)9-4-3-5-9)8-11(16)13-10-6-7-18-14-10/h6-7,9H,2-5,8H2,1H3,(H,13,14,16). The van der Waals surface area contributed by atoms with Gasteiger partial charge in [-0.25, -0.2) is 0 Å². The fourth-order valence-corrected chi connectivity index (χ4v) is 1.89. The molecule has 1 saturated carbocycles. The van der Waals surface area contributed by atoms with Crippen LogP contribution < -0.4 is 5.32 Å². The van der Waals surface area contributed by atoms with Gasteiger partial charge in [0.1, 0.15) is 6.26 Å². The Hall–Kier alpha value is -1.85. The Kier molecular flexibility index (Phi) is 3.96. The molecule has 1 fully saturated rings. The fourth-order valence-electron chi connectivity index (χ4n) is 1.89. The van der Waals surface area contributed by atoms with Crippen molar-refractivity contribution < 1.29 is 14.1 Å². The Morgan fingerprint density at radius 2 is 2.33 bits per heavy atom. The van der Waals surface area contributed by atoms with Crippen LogP contribution in [0.2, 0.25) is 0 Å². The highest BCUT2D eigenvalue weighted by atomic mass is 16.5. The van der Waals surface area contributed by atoms with Gasteiger partial charge in [0, 0.05) is 18.5 Å². The number of aromatic nitrogens is 1. The molecule has 98 valence electrons. The highest BCUT2D eigenvalue weighted by Gasteiger charge is 2.29. The smallest absolute Gasteiger partial charge is 0.245 e. The largest absolute Gasteiger partial charge is 0.363 e. The number of carbonyl (C=O) groups is 2. The highest BCUT2D eigenvalue weighted by molar-refractivity contribution is 5.94. The van der Waals surface area contributed by atoms with E-state index in [0.29, 0.717) is 12.4 Å². The van der Waals surface area contributed by atoms with Crippen LogP contribution in [0.25, 0.3) is 0 Å². The molecule has 2 amide bonds. The maximum Gasteiger partial charge on any atom is 0.245 e. The summed E-state index contributed by atoms with van der Waals surface area (Å²) < 4.78 is 4.61. The SMILES string of the molecule is CCN(CC(=O)Nc1ccon1)C(=O)C1CCC1. The van der Waals surface area contributed by atoms with Gasteiger partial charge in [-0.05, 0) is 19.8 Å². The van der Waals surface area contributed by atoms with E-state index < -0.39 is 0 Å². The van der Waals surface area contributed by atoms with Crippen molar-refractivity contribution in [3.63, 3.8) is 0 Å². The second kappa shape index (κ2) is 5.66. The van der Waals surface area contributed by atoms with Crippen molar-refractivity contribution in [2.24, 2.45) is 5.92 Å². The molecule has 0 bridgehead atoms. The van der Waals surface area contributed by atoms with Crippen molar-refractivity contribution in [3.8, 4) is 0 Å². The molecular formula is C12H17N3O3. The molecule has 0 spiro atoms. The summed E-state index contributed by atoms with van der Waals surface area (Å²) in [6.45, 7) is 2.49. The van der Waals surface area contributed by atoms with Crippen LogP contribution in [0.5, 0.6) is 0 Å². The van der Waals surface area contributed by atoms with Gasteiger partial charge in [0.25, 0.3) is 0 Å². The molecule has 1 heterocycles. The van der Waals surface area contributed by atoms with Crippen molar-refractivity contribution in [3.05, 3.63) is 12.3 Å². The number of hydrogen-bond acceptors (Lipinski definition) is 4. The van der Waals surface area contributed by atoms with Gasteiger partial charge in [-0.15, -0.1) is 0 Å². The predicted molar refractivity (Wildman–Crippen MR) is 64.7 cm³/mol. The van der Waals surface area contributed by atoms with E-state index in [1.807, 2.05) is 6.92 Å². The lowest BCUT2D eigenvalue weighted by atomic mass is 9.84. The molecular weight excluding hydrogens is 234 g/mol. The van der Waals surface area contributed by atoms with Crippen LogP contribution in [0.15, 0.2) is 16.9 Å². The van der Waals surface area contributed by atoms with Crippen LogP contribution in [0.3, 0.4) is 0 Å². The number of hydrogen-bond donors (Lipinski definition) is 1. The normalized spacial score (nSPS) is 14.9. The van der Waals surface area contributed by atoms with Gasteiger partial charge in [0.05, 0.1) is 6.54 Å². The topological polar surface area (TPSA) is 75.4 Å². The zero-order chi connectivity index (χ0) is 13.0. The molecule has 6 heteroatoms. The summed E-state index contributed by atoms with van der Waals surface area (Å²) in [5.74, 6) is 0.314. The first kappa shape index (κ1) is 12.6. The minimum absolute atomic E-state index is 0.0681. The zero-order valence-corrected chi connectivity index (χ0v) is 10.4. The summed E-state index contributed by atoms with van der Waals surface area (Å²) >= 11 is 0. The first-order valence-electron chi connectivity index (χ1n) is 6.19. The highest BCUT2D eigenvalue weighted by Crippen LogP contribution is 2.28. The fraction of sp³-hybridized carbons (Fsp3) is 0.583. The van der Waals surface area contributed by atoms with Crippen molar-refractivity contribution in [1.29, 1.82) is 0 Å². The Morgan fingerprint density at radius 1 is 1.56 bits per heavy atom. The molecule has 0 atom stereocenters. The molecule has 0 aromatic carbocycles. The maximum atomic E-state index is 12.0. The summed E-state index contributed by atoms with van der Waals surface area (Å²) in [6.07, 6.45) is 4.38. The van der Waals surface area contributed by atoms with Gasteiger partial charge in [-0.2, -0.15) is 0 Å². The number of likely N-dealkylation sites (N-methyl/N-ethyl adjacent to an activating group) is 1. The molecule has 0 unspecified atom stereocenters. The van der Waals surface area contributed by atoms with Crippen LogP contribution in [0.1, 0.15) is 26.2 Å². The molecule has 1 aromatic heterocycles. The van der Waals surface area contributed by atoms with Gasteiger partial charge >= 0.3 is 0 Å². The average Bonchev–Trinajstić information content (AvgIpc) is 2.76. The van der Waals surface area contributed by atoms with Crippen LogP contribution in [-0.2, 0) is 9.59 Å². The molecule has 1 aromatic rings. The second-order valence-electron chi connectivity index (χ2n) is 4.41. The number of anilines is 1. The lowest BCUT2D eigenvalue weighted by Crippen LogP contribution is -2.43. The van der Waals surface area contributed by atoms with E-state index in [-0.39, 0.29) is 24.3 Å². The van der Waals surface area contributed by atoms with E-state index in [1.165, 1.54) is 6.26 Å². The summed E-state index contributed by atoms with van der Waals surface area (Å²) in [7, 11) is 0. The molecule has 0 radical (unpaired) electrons. The predicted octanol–water partition coefficient (Wildman–Crippen LogP) is 1.26. The van der Waals surface area contributed by atoms with E-state index in [1.54, 1.807) is 11.0 Å². The van der Waals surface area contributed by atoms with Gasteiger partial charge < -0.3 is 14.7 Å². The van der Waals surface area contributed by atoms with Crippen LogP contribution in [-0.4, -0.2) is 35.0 Å². The molecule has 2 rings (SSSR count). The Morgan fingerprint density at radius 3 is 2.83 bits per heavy atom. The van der Waals surface area contributed by atoms with E-state index >= 15 is 0 Å². The summed E-state index contributed by atoms with van der Waals surface area (Å²) in [6, 6.07) is 1.56. The van der Waals surface area contributed by atoms with E-state index in [9.17, 15) is 9.59 Å². The van der Waals surface area contributed by atoms with E-state index in [2.05, 4.69) is 15.0 Å². The average molecular weight is 251 g/mol. The van der Waals surface area contributed by atoms with Crippen LogP contribution in [0, 0.1) is 5.92 Å². The molecule has 1 aliphatic rings. The monoisotopic (exact) mass is 251 g/mol. The minimum atomic E-state index is -0.251. The van der Waals surface area contributed by atoms with Gasteiger partial charge in [0.2, 0.25) is 11.8 Å². The quantitative estimate of drug-likeness (QED) is 0.854. The number of nitrogens with zero attached hydrogens (tertiary/aromatic N) is 2. The van der Waals surface area contributed by atoms with Crippen molar-refractivity contribution in [2.75, 3.05) is 18.4 Å². The first-order valence-corrected chi connectivity index (χ1v) is 6.19. The molecule has 6 nitrogen and oxygen atoms in total. The first-order chi connectivity index (χ1) is 8.70.